The van der Waals surface area contributed by atoms with E-state index >= 15 is 0 Å². The van der Waals surface area contributed by atoms with Gasteiger partial charge < -0.3 is 15.5 Å². The fourth-order valence-electron chi connectivity index (χ4n) is 2.59. The highest BCUT2D eigenvalue weighted by molar-refractivity contribution is 6.00. The monoisotopic (exact) mass is 321 g/mol. The van der Waals surface area contributed by atoms with Gasteiger partial charge in [-0.05, 0) is 38.8 Å². The molecule has 0 aliphatic heterocycles. The van der Waals surface area contributed by atoms with E-state index in [1.54, 1.807) is 18.4 Å². The van der Waals surface area contributed by atoms with Gasteiger partial charge in [0.05, 0.1) is 0 Å². The van der Waals surface area contributed by atoms with Crippen LogP contribution in [-0.2, 0) is 11.8 Å². The largest absolute Gasteiger partial charge is 0.505 e. The van der Waals surface area contributed by atoms with Gasteiger partial charge in [-0.15, -0.1) is 0 Å². The molecule has 8 nitrogen and oxygen atoms in total. The number of aryl methyl sites for hydroxylation is 3. The maximum absolute atomic E-state index is 12.4. The number of carboxylic acid groups (broad SMARTS) is 1. The molecule has 2 rings (SSSR count). The highest BCUT2D eigenvalue weighted by Gasteiger charge is 2.26. The molecule has 1 amide bonds. The average molecular weight is 321 g/mol. The van der Waals surface area contributed by atoms with Crippen molar-refractivity contribution < 1.29 is 19.8 Å². The zero-order valence-electron chi connectivity index (χ0n) is 13.6. The van der Waals surface area contributed by atoms with Crippen LogP contribution in [0.4, 0.5) is 0 Å². The van der Waals surface area contributed by atoms with Gasteiger partial charge in [0.2, 0.25) is 0 Å². The standard InChI is InChI=1S/C15H19N3O5/c1-6-7(2)11-12(19)10(13(20)16-8(3)15(22)23)14(21)17(5)18(11)9(6)4/h8,19H,1-5H3,(H,16,20)(H,22,23)/t8-/m0/s1. The van der Waals surface area contributed by atoms with E-state index in [0.29, 0.717) is 5.52 Å². The van der Waals surface area contributed by atoms with Crippen LogP contribution in [0.2, 0.25) is 0 Å². The first-order chi connectivity index (χ1) is 10.6. The number of carbonyl (C=O) groups excluding carboxylic acids is 1. The van der Waals surface area contributed by atoms with Gasteiger partial charge >= 0.3 is 5.97 Å². The smallest absolute Gasteiger partial charge is 0.325 e. The van der Waals surface area contributed by atoms with Crippen LogP contribution in [0.1, 0.15) is 34.1 Å². The Bertz CT molecular complexity index is 891. The van der Waals surface area contributed by atoms with Crippen LogP contribution in [0.15, 0.2) is 4.79 Å². The normalized spacial score (nSPS) is 12.4. The molecule has 2 aromatic rings. The fraction of sp³-hybridized carbons (Fsp3) is 0.400. The number of aliphatic carboxylic acids is 1. The third kappa shape index (κ3) is 2.36. The number of aromatic nitrogens is 2. The summed E-state index contributed by atoms with van der Waals surface area (Å²) in [5, 5.41) is 21.5. The molecule has 0 bridgehead atoms. The number of carbonyl (C=O) groups is 2. The molecule has 0 saturated heterocycles. The van der Waals surface area contributed by atoms with Crippen LogP contribution < -0.4 is 10.9 Å². The number of hydrogen-bond acceptors (Lipinski definition) is 4. The first-order valence-corrected chi connectivity index (χ1v) is 7.03. The SMILES string of the molecule is Cc1c(C)c2c(O)c(C(=O)N[C@@H](C)C(=O)O)c(=O)n(C)n2c1C. The Labute approximate surface area is 131 Å². The Morgan fingerprint density at radius 2 is 1.74 bits per heavy atom. The van der Waals surface area contributed by atoms with Crippen LogP contribution in [0, 0.1) is 20.8 Å². The van der Waals surface area contributed by atoms with Gasteiger partial charge in [0.1, 0.15) is 17.1 Å². The summed E-state index contributed by atoms with van der Waals surface area (Å²) in [6, 6.07) is -1.18. The summed E-state index contributed by atoms with van der Waals surface area (Å²) in [5.74, 6) is -2.60. The predicted molar refractivity (Wildman–Crippen MR) is 83.1 cm³/mol. The lowest BCUT2D eigenvalue weighted by atomic mass is 10.1. The lowest BCUT2D eigenvalue weighted by Gasteiger charge is -2.14. The molecule has 0 radical (unpaired) electrons. The zero-order chi connectivity index (χ0) is 17.6. The van der Waals surface area contributed by atoms with Crippen LogP contribution in [0.3, 0.4) is 0 Å². The van der Waals surface area contributed by atoms with Gasteiger partial charge in [0, 0.05) is 12.7 Å². The molecule has 124 valence electrons. The van der Waals surface area contributed by atoms with Crippen molar-refractivity contribution in [3.63, 3.8) is 0 Å². The number of nitrogens with zero attached hydrogens (tertiary/aromatic N) is 2. The number of carboxylic acids is 1. The maximum Gasteiger partial charge on any atom is 0.325 e. The van der Waals surface area contributed by atoms with E-state index in [4.69, 9.17) is 5.11 Å². The Morgan fingerprint density at radius 3 is 2.26 bits per heavy atom. The van der Waals surface area contributed by atoms with E-state index in [-0.39, 0.29) is 0 Å². The molecule has 2 aromatic heterocycles. The molecule has 1 atom stereocenters. The molecule has 8 heteroatoms. The van der Waals surface area contributed by atoms with Crippen LogP contribution in [-0.4, -0.2) is 37.3 Å². The predicted octanol–water partition coefficient (Wildman–Crippen LogP) is 0.472. The molecule has 0 unspecified atom stereocenters. The lowest BCUT2D eigenvalue weighted by molar-refractivity contribution is -0.138. The third-order valence-electron chi connectivity index (χ3n) is 4.20. The molecule has 0 spiro atoms. The van der Waals surface area contributed by atoms with Crippen molar-refractivity contribution in [2.75, 3.05) is 0 Å². The first kappa shape index (κ1) is 16.6. The van der Waals surface area contributed by atoms with E-state index in [9.17, 15) is 19.5 Å². The summed E-state index contributed by atoms with van der Waals surface area (Å²) >= 11 is 0. The fourth-order valence-corrected chi connectivity index (χ4v) is 2.59. The lowest BCUT2D eigenvalue weighted by Crippen LogP contribution is -2.42. The minimum Gasteiger partial charge on any atom is -0.505 e. The van der Waals surface area contributed by atoms with Crippen molar-refractivity contribution in [3.8, 4) is 5.75 Å². The summed E-state index contributed by atoms with van der Waals surface area (Å²) in [5.41, 5.74) is 1.60. The van der Waals surface area contributed by atoms with Gasteiger partial charge in [-0.2, -0.15) is 0 Å². The molecule has 0 fully saturated rings. The number of rotatable bonds is 3. The van der Waals surface area contributed by atoms with Gasteiger partial charge in [-0.1, -0.05) is 0 Å². The van der Waals surface area contributed by atoms with E-state index in [0.717, 1.165) is 16.8 Å². The van der Waals surface area contributed by atoms with Gasteiger partial charge in [-0.3, -0.25) is 18.9 Å². The Balaban J connectivity index is 2.76. The quantitative estimate of drug-likeness (QED) is 0.760. The second kappa shape index (κ2) is 5.45. The van der Waals surface area contributed by atoms with Crippen molar-refractivity contribution in [1.82, 2.24) is 14.5 Å². The highest BCUT2D eigenvalue weighted by Crippen LogP contribution is 2.29. The van der Waals surface area contributed by atoms with Crippen molar-refractivity contribution in [2.24, 2.45) is 7.05 Å². The Kier molecular flexibility index (Phi) is 3.94. The second-order valence-electron chi connectivity index (χ2n) is 5.58. The van der Waals surface area contributed by atoms with Crippen molar-refractivity contribution in [3.05, 3.63) is 32.7 Å². The summed E-state index contributed by atoms with van der Waals surface area (Å²) in [6.07, 6.45) is 0. The molecular formula is C15H19N3O5. The van der Waals surface area contributed by atoms with E-state index in [1.165, 1.54) is 18.7 Å². The minimum absolute atomic E-state index is 0.357. The first-order valence-electron chi connectivity index (χ1n) is 7.03. The summed E-state index contributed by atoms with van der Waals surface area (Å²) in [6.45, 7) is 6.72. The van der Waals surface area contributed by atoms with E-state index in [1.807, 2.05) is 6.92 Å². The number of aromatic hydroxyl groups is 1. The van der Waals surface area contributed by atoms with Crippen LogP contribution >= 0.6 is 0 Å². The Hall–Kier alpha value is -2.77. The van der Waals surface area contributed by atoms with Gasteiger partial charge in [-0.25, -0.2) is 4.68 Å². The molecule has 3 N–H and O–H groups in total. The van der Waals surface area contributed by atoms with Crippen LogP contribution in [0.5, 0.6) is 5.75 Å². The maximum atomic E-state index is 12.4. The molecule has 2 heterocycles. The summed E-state index contributed by atoms with van der Waals surface area (Å²) in [4.78, 5) is 35.5. The summed E-state index contributed by atoms with van der Waals surface area (Å²) < 4.78 is 2.77. The molecule has 23 heavy (non-hydrogen) atoms. The number of amides is 1. The molecule has 0 aromatic carbocycles. The molecule has 0 saturated carbocycles. The third-order valence-corrected chi connectivity index (χ3v) is 4.20. The van der Waals surface area contributed by atoms with Gasteiger partial charge in [0.25, 0.3) is 11.5 Å². The number of hydrogen-bond donors (Lipinski definition) is 3. The van der Waals surface area contributed by atoms with Crippen LogP contribution in [0.25, 0.3) is 5.52 Å². The van der Waals surface area contributed by atoms with Crippen molar-refractivity contribution >= 4 is 17.4 Å². The molecular weight excluding hydrogens is 302 g/mol. The molecule has 0 aliphatic carbocycles. The number of fused-ring (bicyclic) bond motifs is 1. The number of nitrogens with one attached hydrogen (secondary N) is 1. The average Bonchev–Trinajstić information content (AvgIpc) is 2.69. The van der Waals surface area contributed by atoms with Gasteiger partial charge in [0.15, 0.2) is 5.75 Å². The zero-order valence-corrected chi connectivity index (χ0v) is 13.6. The second-order valence-corrected chi connectivity index (χ2v) is 5.58. The minimum atomic E-state index is -1.23. The molecule has 0 aliphatic rings. The van der Waals surface area contributed by atoms with E-state index in [2.05, 4.69) is 5.32 Å². The van der Waals surface area contributed by atoms with Crippen molar-refractivity contribution in [2.45, 2.75) is 33.7 Å². The Morgan fingerprint density at radius 1 is 1.17 bits per heavy atom. The van der Waals surface area contributed by atoms with Crippen molar-refractivity contribution in [1.29, 1.82) is 0 Å². The summed E-state index contributed by atoms with van der Waals surface area (Å²) in [7, 11) is 1.48. The highest BCUT2D eigenvalue weighted by atomic mass is 16.4. The topological polar surface area (TPSA) is 113 Å². The van der Waals surface area contributed by atoms with E-state index < -0.39 is 34.8 Å².